The summed E-state index contributed by atoms with van der Waals surface area (Å²) < 4.78 is 24.3. The Morgan fingerprint density at radius 2 is 2.33 bits per heavy atom. The first-order valence-corrected chi connectivity index (χ1v) is 6.38. The molecule has 1 aromatic carbocycles. The molecule has 1 aromatic rings. The number of aliphatic hydroxyl groups excluding tert-OH is 1. The van der Waals surface area contributed by atoms with Crippen molar-refractivity contribution in [3.8, 4) is 5.75 Å². The predicted molar refractivity (Wildman–Crippen MR) is 66.1 cm³/mol. The van der Waals surface area contributed by atoms with Crippen LogP contribution in [-0.2, 0) is 4.74 Å². The summed E-state index contributed by atoms with van der Waals surface area (Å²) in [5.74, 6) is 0.160. The van der Waals surface area contributed by atoms with Gasteiger partial charge in [0, 0.05) is 12.2 Å². The van der Waals surface area contributed by atoms with Gasteiger partial charge in [-0.05, 0) is 44.4 Å². The molecule has 1 heterocycles. The smallest absolute Gasteiger partial charge is 0.125 e. The zero-order valence-electron chi connectivity index (χ0n) is 10.6. The Morgan fingerprint density at radius 3 is 3.00 bits per heavy atom. The van der Waals surface area contributed by atoms with Crippen LogP contribution in [0.5, 0.6) is 5.75 Å². The number of rotatable bonds is 4. The minimum atomic E-state index is -0.747. The van der Waals surface area contributed by atoms with Crippen LogP contribution in [0, 0.1) is 5.82 Å². The van der Waals surface area contributed by atoms with Crippen LogP contribution < -0.4 is 4.74 Å². The molecule has 0 spiro atoms. The summed E-state index contributed by atoms with van der Waals surface area (Å²) in [5.41, 5.74) is 0.478. The maximum Gasteiger partial charge on any atom is 0.125 e. The summed E-state index contributed by atoms with van der Waals surface area (Å²) in [6.07, 6.45) is 2.60. The number of ether oxygens (including phenoxy) is 2. The Morgan fingerprint density at radius 1 is 1.50 bits per heavy atom. The van der Waals surface area contributed by atoms with Gasteiger partial charge in [0.15, 0.2) is 0 Å². The van der Waals surface area contributed by atoms with Crippen molar-refractivity contribution >= 4 is 0 Å². The molecular formula is C14H19FO3. The third-order valence-electron chi connectivity index (χ3n) is 3.12. The number of halogens is 1. The average molecular weight is 254 g/mol. The molecule has 0 amide bonds. The van der Waals surface area contributed by atoms with Crippen LogP contribution in [0.25, 0.3) is 0 Å². The number of benzene rings is 1. The largest absolute Gasteiger partial charge is 0.490 e. The van der Waals surface area contributed by atoms with E-state index in [0.717, 1.165) is 25.9 Å². The lowest BCUT2D eigenvalue weighted by atomic mass is 10.1. The van der Waals surface area contributed by atoms with Crippen LogP contribution in [0.3, 0.4) is 0 Å². The zero-order valence-corrected chi connectivity index (χ0v) is 10.6. The van der Waals surface area contributed by atoms with E-state index >= 15 is 0 Å². The van der Waals surface area contributed by atoms with Gasteiger partial charge in [-0.1, -0.05) is 0 Å². The van der Waals surface area contributed by atoms with Gasteiger partial charge in [-0.2, -0.15) is 0 Å². The first-order chi connectivity index (χ1) is 8.66. The molecule has 0 aromatic heterocycles. The standard InChI is InChI=1S/C14H19FO3/c1-10(16)13-8-11(15)5-6-14(13)18-9-12-4-2-3-7-17-12/h5-6,8,10,12,16H,2-4,7,9H2,1H3/t10-,12?/m0/s1. The highest BCUT2D eigenvalue weighted by atomic mass is 19.1. The first kappa shape index (κ1) is 13.3. The van der Waals surface area contributed by atoms with Gasteiger partial charge in [-0.15, -0.1) is 0 Å². The molecule has 0 radical (unpaired) electrons. The fourth-order valence-electron chi connectivity index (χ4n) is 2.10. The fraction of sp³-hybridized carbons (Fsp3) is 0.571. The van der Waals surface area contributed by atoms with E-state index in [1.807, 2.05) is 0 Å². The van der Waals surface area contributed by atoms with Crippen molar-refractivity contribution < 1.29 is 19.0 Å². The molecule has 1 unspecified atom stereocenters. The molecule has 1 aliphatic rings. The average Bonchev–Trinajstić information content (AvgIpc) is 2.38. The summed E-state index contributed by atoms with van der Waals surface area (Å²) in [5, 5.41) is 9.59. The van der Waals surface area contributed by atoms with Crippen molar-refractivity contribution in [2.45, 2.75) is 38.4 Å². The van der Waals surface area contributed by atoms with Crippen molar-refractivity contribution in [2.24, 2.45) is 0 Å². The summed E-state index contributed by atoms with van der Waals surface area (Å²) in [6, 6.07) is 4.20. The number of hydrogen-bond donors (Lipinski definition) is 1. The van der Waals surface area contributed by atoms with E-state index in [1.54, 1.807) is 13.0 Å². The van der Waals surface area contributed by atoms with Crippen molar-refractivity contribution in [1.82, 2.24) is 0 Å². The number of hydrogen-bond acceptors (Lipinski definition) is 3. The quantitative estimate of drug-likeness (QED) is 0.898. The third kappa shape index (κ3) is 3.43. The maximum atomic E-state index is 13.1. The van der Waals surface area contributed by atoms with Gasteiger partial charge in [0.25, 0.3) is 0 Å². The second-order valence-corrected chi connectivity index (χ2v) is 4.66. The van der Waals surface area contributed by atoms with Gasteiger partial charge in [0.05, 0.1) is 12.2 Å². The fourth-order valence-corrected chi connectivity index (χ4v) is 2.10. The van der Waals surface area contributed by atoms with Crippen LogP contribution in [0.2, 0.25) is 0 Å². The minimum absolute atomic E-state index is 0.102. The molecule has 1 saturated heterocycles. The van der Waals surface area contributed by atoms with Crippen LogP contribution in [0.4, 0.5) is 4.39 Å². The molecule has 0 bridgehead atoms. The van der Waals surface area contributed by atoms with Crippen molar-refractivity contribution in [3.63, 3.8) is 0 Å². The van der Waals surface area contributed by atoms with E-state index in [9.17, 15) is 9.50 Å². The summed E-state index contributed by atoms with van der Waals surface area (Å²) >= 11 is 0. The SMILES string of the molecule is C[C@H](O)c1cc(F)ccc1OCC1CCCCO1. The normalized spacial score (nSPS) is 21.6. The van der Waals surface area contributed by atoms with Crippen LogP contribution >= 0.6 is 0 Å². The Balaban J connectivity index is 1.99. The van der Waals surface area contributed by atoms with E-state index in [4.69, 9.17) is 9.47 Å². The van der Waals surface area contributed by atoms with Crippen LogP contribution in [-0.4, -0.2) is 24.4 Å². The lowest BCUT2D eigenvalue weighted by molar-refractivity contribution is -0.0116. The summed E-state index contributed by atoms with van der Waals surface area (Å²) in [4.78, 5) is 0. The molecular weight excluding hydrogens is 235 g/mol. The van der Waals surface area contributed by atoms with E-state index in [0.29, 0.717) is 17.9 Å². The third-order valence-corrected chi connectivity index (χ3v) is 3.12. The molecule has 4 heteroatoms. The molecule has 1 fully saturated rings. The molecule has 3 nitrogen and oxygen atoms in total. The Labute approximate surface area is 107 Å². The molecule has 1 N–H and O–H groups in total. The predicted octanol–water partition coefficient (Wildman–Crippen LogP) is 2.83. The highest BCUT2D eigenvalue weighted by Gasteiger charge is 2.16. The summed E-state index contributed by atoms with van der Waals surface area (Å²) in [7, 11) is 0. The second-order valence-electron chi connectivity index (χ2n) is 4.66. The monoisotopic (exact) mass is 254 g/mol. The Hall–Kier alpha value is -1.13. The van der Waals surface area contributed by atoms with Crippen molar-refractivity contribution in [2.75, 3.05) is 13.2 Å². The lowest BCUT2D eigenvalue weighted by Gasteiger charge is -2.23. The molecule has 1 aliphatic heterocycles. The van der Waals surface area contributed by atoms with Gasteiger partial charge in [-0.3, -0.25) is 0 Å². The number of aliphatic hydroxyl groups is 1. The lowest BCUT2D eigenvalue weighted by Crippen LogP contribution is -2.26. The summed E-state index contributed by atoms with van der Waals surface area (Å²) in [6.45, 7) is 2.82. The van der Waals surface area contributed by atoms with Gasteiger partial charge in [0.1, 0.15) is 18.2 Å². The van der Waals surface area contributed by atoms with Gasteiger partial charge in [0.2, 0.25) is 0 Å². The van der Waals surface area contributed by atoms with Crippen LogP contribution in [0.15, 0.2) is 18.2 Å². The highest BCUT2D eigenvalue weighted by molar-refractivity contribution is 5.35. The van der Waals surface area contributed by atoms with Crippen molar-refractivity contribution in [1.29, 1.82) is 0 Å². The Bertz CT molecular complexity index is 387. The van der Waals surface area contributed by atoms with E-state index < -0.39 is 6.10 Å². The first-order valence-electron chi connectivity index (χ1n) is 6.38. The second kappa shape index (κ2) is 6.16. The highest BCUT2D eigenvalue weighted by Crippen LogP contribution is 2.26. The molecule has 0 aliphatic carbocycles. The van der Waals surface area contributed by atoms with Gasteiger partial charge >= 0.3 is 0 Å². The van der Waals surface area contributed by atoms with Gasteiger partial charge < -0.3 is 14.6 Å². The van der Waals surface area contributed by atoms with E-state index in [-0.39, 0.29) is 11.9 Å². The molecule has 100 valence electrons. The van der Waals surface area contributed by atoms with Gasteiger partial charge in [-0.25, -0.2) is 4.39 Å². The minimum Gasteiger partial charge on any atom is -0.490 e. The van der Waals surface area contributed by atoms with Crippen molar-refractivity contribution in [3.05, 3.63) is 29.6 Å². The van der Waals surface area contributed by atoms with Crippen LogP contribution in [0.1, 0.15) is 37.9 Å². The Kier molecular flexibility index (Phi) is 4.55. The van der Waals surface area contributed by atoms with E-state index in [2.05, 4.69) is 0 Å². The zero-order chi connectivity index (χ0) is 13.0. The van der Waals surface area contributed by atoms with E-state index in [1.165, 1.54) is 12.1 Å². The molecule has 2 atom stereocenters. The molecule has 18 heavy (non-hydrogen) atoms. The molecule has 2 rings (SSSR count). The maximum absolute atomic E-state index is 13.1. The molecule has 0 saturated carbocycles. The topological polar surface area (TPSA) is 38.7 Å².